The Balaban J connectivity index is 1.66. The van der Waals surface area contributed by atoms with E-state index in [1.54, 1.807) is 6.20 Å². The van der Waals surface area contributed by atoms with Crippen LogP contribution in [0.5, 0.6) is 0 Å². The Hall–Kier alpha value is -2.21. The van der Waals surface area contributed by atoms with Crippen LogP contribution >= 0.6 is 11.6 Å². The smallest absolute Gasteiger partial charge is 0.136 e. The van der Waals surface area contributed by atoms with Crippen molar-refractivity contribution in [1.29, 1.82) is 0 Å². The van der Waals surface area contributed by atoms with Gasteiger partial charge in [-0.15, -0.1) is 0 Å². The summed E-state index contributed by atoms with van der Waals surface area (Å²) in [6.07, 6.45) is 3.65. The van der Waals surface area contributed by atoms with Crippen LogP contribution in [0.4, 0.5) is 5.69 Å². The van der Waals surface area contributed by atoms with Crippen molar-refractivity contribution in [3.8, 4) is 0 Å². The molecule has 2 aromatic heterocycles. The fourth-order valence-corrected chi connectivity index (χ4v) is 3.59. The highest BCUT2D eigenvalue weighted by Gasteiger charge is 2.21. The van der Waals surface area contributed by atoms with Gasteiger partial charge in [0.1, 0.15) is 5.15 Å². The number of nitrogens with zero attached hydrogens (tertiary/aromatic N) is 3. The highest BCUT2D eigenvalue weighted by Crippen LogP contribution is 2.34. The number of anilines is 1. The fourth-order valence-electron chi connectivity index (χ4n) is 3.34. The molecule has 1 fully saturated rings. The number of fused-ring (bicyclic) bond motifs is 1. The third-order valence-corrected chi connectivity index (χ3v) is 4.91. The van der Waals surface area contributed by atoms with Crippen LogP contribution in [0.1, 0.15) is 11.1 Å². The summed E-state index contributed by atoms with van der Waals surface area (Å²) in [6, 6.07) is 12.2. The van der Waals surface area contributed by atoms with E-state index in [1.807, 2.05) is 24.4 Å². The number of ether oxygens (including phenoxy) is 1. The summed E-state index contributed by atoms with van der Waals surface area (Å²) in [5, 5.41) is 5.18. The van der Waals surface area contributed by atoms with E-state index < -0.39 is 0 Å². The van der Waals surface area contributed by atoms with E-state index in [-0.39, 0.29) is 0 Å². The van der Waals surface area contributed by atoms with Crippen LogP contribution in [0.3, 0.4) is 0 Å². The summed E-state index contributed by atoms with van der Waals surface area (Å²) in [5.74, 6) is 0. The molecule has 1 saturated heterocycles. The van der Waals surface area contributed by atoms with E-state index >= 15 is 0 Å². The Bertz CT molecular complexity index is 882. The van der Waals surface area contributed by atoms with Gasteiger partial charge in [0.05, 0.1) is 24.4 Å². The third kappa shape index (κ3) is 3.65. The second kappa shape index (κ2) is 7.99. The number of nitrogens with one attached hydrogen (secondary N) is 1. The number of pyridine rings is 2. The van der Waals surface area contributed by atoms with Crippen LogP contribution in [-0.4, -0.2) is 36.3 Å². The van der Waals surface area contributed by atoms with Gasteiger partial charge in [-0.1, -0.05) is 35.9 Å². The van der Waals surface area contributed by atoms with Gasteiger partial charge in [0.15, 0.2) is 0 Å². The summed E-state index contributed by atoms with van der Waals surface area (Å²) in [6.45, 7) is 4.57. The van der Waals surface area contributed by atoms with E-state index in [4.69, 9.17) is 16.3 Å². The lowest BCUT2D eigenvalue weighted by molar-refractivity contribution is 0.122. The van der Waals surface area contributed by atoms with Crippen molar-refractivity contribution < 1.29 is 4.74 Å². The van der Waals surface area contributed by atoms with Gasteiger partial charge in [0, 0.05) is 49.5 Å². The molecule has 0 saturated carbocycles. The molecule has 1 aromatic carbocycles. The molecular weight excluding hydrogens is 348 g/mol. The van der Waals surface area contributed by atoms with Gasteiger partial charge in [-0.05, 0) is 17.7 Å². The molecule has 5 nitrogen and oxygen atoms in total. The highest BCUT2D eigenvalue weighted by atomic mass is 35.5. The SMILES string of the molecule is Clc1nc2ccccc2c(N2CCOCC2)c1CNCc1cccnc1. The first-order chi connectivity index (χ1) is 12.8. The Morgan fingerprint density at radius 1 is 1.08 bits per heavy atom. The lowest BCUT2D eigenvalue weighted by atomic mass is 10.1. The number of para-hydroxylation sites is 1. The first-order valence-electron chi connectivity index (χ1n) is 8.82. The summed E-state index contributed by atoms with van der Waals surface area (Å²) in [7, 11) is 0. The van der Waals surface area contributed by atoms with Gasteiger partial charge in [-0.3, -0.25) is 4.98 Å². The fraction of sp³-hybridized carbons (Fsp3) is 0.300. The van der Waals surface area contributed by atoms with Crippen molar-refractivity contribution in [2.45, 2.75) is 13.1 Å². The van der Waals surface area contributed by atoms with Crippen LogP contribution < -0.4 is 10.2 Å². The van der Waals surface area contributed by atoms with Gasteiger partial charge in [-0.2, -0.15) is 0 Å². The normalized spacial score (nSPS) is 14.7. The number of halogens is 1. The van der Waals surface area contributed by atoms with Crippen LogP contribution in [0.15, 0.2) is 48.8 Å². The largest absolute Gasteiger partial charge is 0.378 e. The Morgan fingerprint density at radius 2 is 1.92 bits per heavy atom. The molecule has 134 valence electrons. The minimum atomic E-state index is 0.559. The molecule has 26 heavy (non-hydrogen) atoms. The van der Waals surface area contributed by atoms with Crippen LogP contribution in [-0.2, 0) is 17.8 Å². The predicted molar refractivity (Wildman–Crippen MR) is 105 cm³/mol. The van der Waals surface area contributed by atoms with Gasteiger partial charge in [0.25, 0.3) is 0 Å². The molecule has 1 aliphatic rings. The second-order valence-corrected chi connectivity index (χ2v) is 6.67. The average molecular weight is 369 g/mol. The molecule has 0 amide bonds. The molecule has 0 radical (unpaired) electrons. The molecule has 0 aliphatic carbocycles. The Kier molecular flexibility index (Phi) is 5.29. The molecule has 4 rings (SSSR count). The molecule has 3 aromatic rings. The second-order valence-electron chi connectivity index (χ2n) is 6.31. The summed E-state index contributed by atoms with van der Waals surface area (Å²) in [4.78, 5) is 11.1. The Morgan fingerprint density at radius 3 is 2.73 bits per heavy atom. The maximum Gasteiger partial charge on any atom is 0.136 e. The lowest BCUT2D eigenvalue weighted by Crippen LogP contribution is -2.37. The van der Waals surface area contributed by atoms with Gasteiger partial charge in [0.2, 0.25) is 0 Å². The number of hydrogen-bond acceptors (Lipinski definition) is 5. The summed E-state index contributed by atoms with van der Waals surface area (Å²) in [5.41, 5.74) is 4.28. The van der Waals surface area contributed by atoms with E-state index in [0.717, 1.165) is 54.9 Å². The lowest BCUT2D eigenvalue weighted by Gasteiger charge is -2.32. The van der Waals surface area contributed by atoms with E-state index in [1.165, 1.54) is 5.69 Å². The zero-order valence-electron chi connectivity index (χ0n) is 14.5. The van der Waals surface area contributed by atoms with E-state index in [0.29, 0.717) is 11.7 Å². The maximum absolute atomic E-state index is 6.59. The molecule has 0 bridgehead atoms. The van der Waals surface area contributed by atoms with Crippen LogP contribution in [0.2, 0.25) is 5.15 Å². The number of morpholine rings is 1. The summed E-state index contributed by atoms with van der Waals surface area (Å²) >= 11 is 6.59. The van der Waals surface area contributed by atoms with Gasteiger partial charge in [-0.25, -0.2) is 4.98 Å². The molecule has 3 heterocycles. The first kappa shape index (κ1) is 17.2. The number of hydrogen-bond donors (Lipinski definition) is 1. The predicted octanol–water partition coefficient (Wildman–Crippen LogP) is 3.41. The van der Waals surface area contributed by atoms with Gasteiger partial charge < -0.3 is 15.0 Å². The zero-order valence-corrected chi connectivity index (χ0v) is 15.2. The monoisotopic (exact) mass is 368 g/mol. The van der Waals surface area contributed by atoms with Crippen molar-refractivity contribution in [2.75, 3.05) is 31.2 Å². The molecule has 0 atom stereocenters. The number of rotatable bonds is 5. The van der Waals surface area contributed by atoms with Crippen molar-refractivity contribution in [3.63, 3.8) is 0 Å². The van der Waals surface area contributed by atoms with Gasteiger partial charge >= 0.3 is 0 Å². The van der Waals surface area contributed by atoms with Crippen molar-refractivity contribution >= 4 is 28.2 Å². The van der Waals surface area contributed by atoms with Crippen molar-refractivity contribution in [1.82, 2.24) is 15.3 Å². The Labute approximate surface area is 158 Å². The van der Waals surface area contributed by atoms with Crippen molar-refractivity contribution in [2.24, 2.45) is 0 Å². The highest BCUT2D eigenvalue weighted by molar-refractivity contribution is 6.31. The topological polar surface area (TPSA) is 50.3 Å². The van der Waals surface area contributed by atoms with Crippen molar-refractivity contribution in [3.05, 3.63) is 65.1 Å². The quantitative estimate of drug-likeness (QED) is 0.699. The number of aromatic nitrogens is 2. The van der Waals surface area contributed by atoms with E-state index in [2.05, 4.69) is 38.4 Å². The molecule has 0 spiro atoms. The van der Waals surface area contributed by atoms with Crippen LogP contribution in [0, 0.1) is 0 Å². The minimum absolute atomic E-state index is 0.559. The maximum atomic E-state index is 6.59. The molecule has 6 heteroatoms. The zero-order chi connectivity index (χ0) is 17.8. The first-order valence-corrected chi connectivity index (χ1v) is 9.20. The average Bonchev–Trinajstić information content (AvgIpc) is 2.70. The molecular formula is C20H21ClN4O. The molecule has 0 unspecified atom stereocenters. The molecule has 1 N–H and O–H groups in total. The molecule has 1 aliphatic heterocycles. The number of benzene rings is 1. The third-order valence-electron chi connectivity index (χ3n) is 4.59. The van der Waals surface area contributed by atoms with Crippen LogP contribution in [0.25, 0.3) is 10.9 Å². The standard InChI is InChI=1S/C20H21ClN4O/c21-20-17(14-23-13-15-4-3-7-22-12-15)19(25-8-10-26-11-9-25)16-5-1-2-6-18(16)24-20/h1-7,12,23H,8-11,13-14H2. The minimum Gasteiger partial charge on any atom is -0.378 e. The van der Waals surface area contributed by atoms with E-state index in [9.17, 15) is 0 Å². The summed E-state index contributed by atoms with van der Waals surface area (Å²) < 4.78 is 5.53.